The molecule has 2 aromatic rings. The molecule has 0 aliphatic heterocycles. The Morgan fingerprint density at radius 2 is 1.91 bits per heavy atom. The van der Waals surface area contributed by atoms with Gasteiger partial charge < -0.3 is 20.5 Å². The molecule has 2 rings (SSSR count). The number of anilines is 1. The third-order valence-electron chi connectivity index (χ3n) is 2.91. The van der Waals surface area contributed by atoms with E-state index < -0.39 is 0 Å². The van der Waals surface area contributed by atoms with E-state index in [1.54, 1.807) is 49.7 Å². The Morgan fingerprint density at radius 1 is 1.18 bits per heavy atom. The van der Waals surface area contributed by atoms with Crippen molar-refractivity contribution in [2.45, 2.75) is 12.8 Å². The van der Waals surface area contributed by atoms with Crippen LogP contribution in [-0.2, 0) is 4.79 Å². The fourth-order valence-corrected chi connectivity index (χ4v) is 1.77. The van der Waals surface area contributed by atoms with E-state index in [2.05, 4.69) is 10.3 Å². The highest BCUT2D eigenvalue weighted by molar-refractivity contribution is 5.90. The third-order valence-corrected chi connectivity index (χ3v) is 2.91. The van der Waals surface area contributed by atoms with Crippen molar-refractivity contribution in [3.8, 4) is 17.4 Å². The molecular formula is C16H19N3O3. The van der Waals surface area contributed by atoms with Crippen LogP contribution in [0.4, 0.5) is 5.69 Å². The number of carbonyl (C=O) groups is 1. The van der Waals surface area contributed by atoms with Crippen molar-refractivity contribution in [3.05, 3.63) is 42.6 Å². The van der Waals surface area contributed by atoms with Crippen molar-refractivity contribution in [1.82, 2.24) is 4.98 Å². The number of pyridine rings is 1. The highest BCUT2D eigenvalue weighted by Gasteiger charge is 2.03. The molecule has 0 fully saturated rings. The molecule has 6 nitrogen and oxygen atoms in total. The summed E-state index contributed by atoms with van der Waals surface area (Å²) in [5.74, 6) is 1.80. The van der Waals surface area contributed by atoms with Crippen molar-refractivity contribution >= 4 is 11.6 Å². The van der Waals surface area contributed by atoms with Crippen LogP contribution in [0.1, 0.15) is 12.8 Å². The molecule has 6 heteroatoms. The zero-order chi connectivity index (χ0) is 15.8. The zero-order valence-electron chi connectivity index (χ0n) is 12.4. The predicted octanol–water partition coefficient (Wildman–Crippen LogP) is 2.56. The summed E-state index contributed by atoms with van der Waals surface area (Å²) in [6.45, 7) is 0.500. The van der Waals surface area contributed by atoms with E-state index in [9.17, 15) is 4.79 Å². The summed E-state index contributed by atoms with van der Waals surface area (Å²) in [7, 11) is 1.61. The molecule has 0 unspecified atom stereocenters. The SMILES string of the molecule is COc1ccc(Oc2ccc(NC(=O)CCCN)cn2)cc1. The van der Waals surface area contributed by atoms with E-state index in [1.165, 1.54) is 0 Å². The summed E-state index contributed by atoms with van der Waals surface area (Å²) in [5.41, 5.74) is 5.99. The van der Waals surface area contributed by atoms with Crippen molar-refractivity contribution in [1.29, 1.82) is 0 Å². The third kappa shape index (κ3) is 4.75. The van der Waals surface area contributed by atoms with Crippen molar-refractivity contribution < 1.29 is 14.3 Å². The van der Waals surface area contributed by atoms with Crippen molar-refractivity contribution in [2.75, 3.05) is 19.0 Å². The lowest BCUT2D eigenvalue weighted by Gasteiger charge is -2.07. The lowest BCUT2D eigenvalue weighted by molar-refractivity contribution is -0.116. The Hall–Kier alpha value is -2.60. The average Bonchev–Trinajstić information content (AvgIpc) is 2.55. The van der Waals surface area contributed by atoms with Gasteiger partial charge in [0.05, 0.1) is 19.0 Å². The number of rotatable bonds is 7. The number of aromatic nitrogens is 1. The second kappa shape index (κ2) is 7.99. The van der Waals surface area contributed by atoms with Crippen LogP contribution in [-0.4, -0.2) is 24.5 Å². The number of hydrogen-bond acceptors (Lipinski definition) is 5. The Bertz CT molecular complexity index is 597. The molecule has 0 atom stereocenters. The van der Waals surface area contributed by atoms with Crippen molar-refractivity contribution in [3.63, 3.8) is 0 Å². The maximum Gasteiger partial charge on any atom is 0.224 e. The van der Waals surface area contributed by atoms with Gasteiger partial charge in [0.25, 0.3) is 0 Å². The largest absolute Gasteiger partial charge is 0.497 e. The first-order chi connectivity index (χ1) is 10.7. The number of hydrogen-bond donors (Lipinski definition) is 2. The van der Waals surface area contributed by atoms with E-state index in [4.69, 9.17) is 15.2 Å². The van der Waals surface area contributed by atoms with Crippen LogP contribution < -0.4 is 20.5 Å². The number of methoxy groups -OCH3 is 1. The van der Waals surface area contributed by atoms with E-state index in [1.807, 2.05) is 0 Å². The van der Waals surface area contributed by atoms with Gasteiger partial charge in [-0.25, -0.2) is 4.98 Å². The molecule has 0 aliphatic carbocycles. The van der Waals surface area contributed by atoms with E-state index >= 15 is 0 Å². The molecule has 0 bridgehead atoms. The first-order valence-corrected chi connectivity index (χ1v) is 6.99. The summed E-state index contributed by atoms with van der Waals surface area (Å²) < 4.78 is 10.7. The number of nitrogens with one attached hydrogen (secondary N) is 1. The van der Waals surface area contributed by atoms with Crippen molar-refractivity contribution in [2.24, 2.45) is 5.73 Å². The second-order valence-corrected chi connectivity index (χ2v) is 4.60. The second-order valence-electron chi connectivity index (χ2n) is 4.60. The average molecular weight is 301 g/mol. The Balaban J connectivity index is 1.92. The Kier molecular flexibility index (Phi) is 5.73. The van der Waals surface area contributed by atoms with Gasteiger partial charge in [0.15, 0.2) is 0 Å². The van der Waals surface area contributed by atoms with Crippen LogP contribution in [0.15, 0.2) is 42.6 Å². The standard InChI is InChI=1S/C16H19N3O3/c1-21-13-5-7-14(8-6-13)22-16-9-4-12(11-18-16)19-15(20)3-2-10-17/h4-9,11H,2-3,10,17H2,1H3,(H,19,20). The number of ether oxygens (including phenoxy) is 2. The van der Waals surface area contributed by atoms with E-state index in [0.717, 1.165) is 5.75 Å². The molecule has 116 valence electrons. The van der Waals surface area contributed by atoms with Gasteiger partial charge in [0.1, 0.15) is 11.5 Å². The normalized spacial score (nSPS) is 10.1. The van der Waals surface area contributed by atoms with Gasteiger partial charge in [-0.2, -0.15) is 0 Å². The minimum absolute atomic E-state index is 0.0731. The lowest BCUT2D eigenvalue weighted by Crippen LogP contribution is -2.13. The first kappa shape index (κ1) is 15.8. The quantitative estimate of drug-likeness (QED) is 0.820. The van der Waals surface area contributed by atoms with Crippen LogP contribution in [0.5, 0.6) is 17.4 Å². The van der Waals surface area contributed by atoms with E-state index in [0.29, 0.717) is 36.7 Å². The van der Waals surface area contributed by atoms with Crippen LogP contribution >= 0.6 is 0 Å². The van der Waals surface area contributed by atoms with Gasteiger partial charge in [-0.15, -0.1) is 0 Å². The summed E-state index contributed by atoms with van der Waals surface area (Å²) in [6, 6.07) is 10.6. The van der Waals surface area contributed by atoms with Gasteiger partial charge >= 0.3 is 0 Å². The number of nitrogens with two attached hydrogens (primary N) is 1. The monoisotopic (exact) mass is 301 g/mol. The Morgan fingerprint density at radius 3 is 2.50 bits per heavy atom. The van der Waals surface area contributed by atoms with Crippen LogP contribution in [0, 0.1) is 0 Å². The minimum Gasteiger partial charge on any atom is -0.497 e. The molecule has 1 heterocycles. The minimum atomic E-state index is -0.0731. The van der Waals surface area contributed by atoms with E-state index in [-0.39, 0.29) is 5.91 Å². The molecule has 0 spiro atoms. The molecule has 0 radical (unpaired) electrons. The topological polar surface area (TPSA) is 86.5 Å². The summed E-state index contributed by atoms with van der Waals surface area (Å²) in [4.78, 5) is 15.7. The summed E-state index contributed by atoms with van der Waals surface area (Å²) in [5, 5.41) is 2.75. The first-order valence-electron chi connectivity index (χ1n) is 6.99. The van der Waals surface area contributed by atoms with Crippen LogP contribution in [0.25, 0.3) is 0 Å². The zero-order valence-corrected chi connectivity index (χ0v) is 12.4. The van der Waals surface area contributed by atoms with Gasteiger partial charge in [-0.3, -0.25) is 4.79 Å². The number of amides is 1. The molecule has 1 aromatic carbocycles. The summed E-state index contributed by atoms with van der Waals surface area (Å²) >= 11 is 0. The lowest BCUT2D eigenvalue weighted by atomic mass is 10.3. The maximum atomic E-state index is 11.6. The fraction of sp³-hybridized carbons (Fsp3) is 0.250. The molecule has 0 saturated carbocycles. The molecule has 3 N–H and O–H groups in total. The number of carbonyl (C=O) groups excluding carboxylic acids is 1. The van der Waals surface area contributed by atoms with Crippen LogP contribution in [0.2, 0.25) is 0 Å². The Labute approximate surface area is 129 Å². The predicted molar refractivity (Wildman–Crippen MR) is 84.2 cm³/mol. The highest BCUT2D eigenvalue weighted by Crippen LogP contribution is 2.23. The summed E-state index contributed by atoms with van der Waals surface area (Å²) in [6.07, 6.45) is 2.62. The molecule has 22 heavy (non-hydrogen) atoms. The molecule has 0 saturated heterocycles. The number of nitrogens with zero attached hydrogens (tertiary/aromatic N) is 1. The number of benzene rings is 1. The van der Waals surface area contributed by atoms with Gasteiger partial charge in [0, 0.05) is 12.5 Å². The smallest absolute Gasteiger partial charge is 0.224 e. The maximum absolute atomic E-state index is 11.6. The molecule has 1 aromatic heterocycles. The molecule has 0 aliphatic rings. The van der Waals surface area contributed by atoms with Crippen LogP contribution in [0.3, 0.4) is 0 Å². The molecular weight excluding hydrogens is 282 g/mol. The van der Waals surface area contributed by atoms with Gasteiger partial charge in [-0.05, 0) is 43.3 Å². The fourth-order valence-electron chi connectivity index (χ4n) is 1.77. The highest BCUT2D eigenvalue weighted by atomic mass is 16.5. The molecule has 1 amide bonds. The van der Waals surface area contributed by atoms with Gasteiger partial charge in [-0.1, -0.05) is 0 Å². The van der Waals surface area contributed by atoms with Gasteiger partial charge in [0.2, 0.25) is 11.8 Å².